The van der Waals surface area contributed by atoms with Crippen LogP contribution in [0.15, 0.2) is 59.6 Å². The topological polar surface area (TPSA) is 122 Å². The lowest BCUT2D eigenvalue weighted by molar-refractivity contribution is -0.308. The van der Waals surface area contributed by atoms with E-state index in [-0.39, 0.29) is 16.9 Å². The number of aromatic amines is 1. The maximum atomic E-state index is 12.6. The van der Waals surface area contributed by atoms with Crippen molar-refractivity contribution >= 4 is 32.8 Å². The van der Waals surface area contributed by atoms with E-state index in [0.717, 1.165) is 20.8 Å². The largest absolute Gasteiger partial charge is 0.548 e. The fraction of sp³-hybridized carbons (Fsp3) is 0.200. The minimum atomic E-state index is -3.72. The molecule has 0 aliphatic heterocycles. The van der Waals surface area contributed by atoms with Crippen molar-refractivity contribution in [2.75, 3.05) is 14.1 Å². The Bertz CT molecular complexity index is 1170. The second-order valence-corrected chi connectivity index (χ2v) is 8.88. The summed E-state index contributed by atoms with van der Waals surface area (Å²) in [6, 6.07) is 11.6. The van der Waals surface area contributed by atoms with E-state index in [4.69, 9.17) is 0 Å². The van der Waals surface area contributed by atoms with Gasteiger partial charge in [0.2, 0.25) is 10.0 Å². The molecule has 1 aromatic heterocycles. The third-order valence-corrected chi connectivity index (χ3v) is 6.37. The summed E-state index contributed by atoms with van der Waals surface area (Å²) < 4.78 is 25.6. The van der Waals surface area contributed by atoms with Crippen LogP contribution in [-0.2, 0) is 21.2 Å². The quantitative estimate of drug-likeness (QED) is 0.583. The van der Waals surface area contributed by atoms with E-state index in [2.05, 4.69) is 10.3 Å². The normalized spacial score (nSPS) is 12.8. The number of amides is 1. The van der Waals surface area contributed by atoms with Crippen LogP contribution in [0.3, 0.4) is 0 Å². The molecule has 0 aliphatic rings. The van der Waals surface area contributed by atoms with Crippen molar-refractivity contribution < 1.29 is 23.1 Å². The number of aliphatic carboxylic acids is 1. The van der Waals surface area contributed by atoms with Crippen molar-refractivity contribution in [3.63, 3.8) is 0 Å². The Balaban J connectivity index is 1.83. The number of para-hydroxylation sites is 1. The van der Waals surface area contributed by atoms with Crippen LogP contribution in [0.25, 0.3) is 10.9 Å². The average molecular weight is 414 g/mol. The van der Waals surface area contributed by atoms with Gasteiger partial charge in [-0.1, -0.05) is 24.3 Å². The third kappa shape index (κ3) is 4.30. The molecule has 1 amide bonds. The second-order valence-electron chi connectivity index (χ2n) is 6.72. The first-order valence-corrected chi connectivity index (χ1v) is 10.2. The standard InChI is InChI=1S/C20H21N3O5S/c1-23(2)29(27,28)15-7-5-6-13(10-15)19(24)22-18(20(25)26)11-14-12-21-17-9-4-3-8-16(14)17/h3-10,12,18,21H,11H2,1-2H3,(H,22,24)(H,25,26)/p-1/t18-/m1/s1. The van der Waals surface area contributed by atoms with Gasteiger partial charge in [0.05, 0.1) is 16.9 Å². The van der Waals surface area contributed by atoms with E-state index < -0.39 is 27.9 Å². The first-order valence-electron chi connectivity index (χ1n) is 8.79. The number of carboxylic acid groups (broad SMARTS) is 1. The lowest BCUT2D eigenvalue weighted by Crippen LogP contribution is -2.49. The Kier molecular flexibility index (Phi) is 5.71. The maximum Gasteiger partial charge on any atom is 0.251 e. The molecule has 9 heteroatoms. The minimum Gasteiger partial charge on any atom is -0.548 e. The van der Waals surface area contributed by atoms with Gasteiger partial charge in [0.25, 0.3) is 5.91 Å². The molecule has 0 unspecified atom stereocenters. The number of hydrogen-bond acceptors (Lipinski definition) is 5. The average Bonchev–Trinajstić information content (AvgIpc) is 3.10. The van der Waals surface area contributed by atoms with E-state index in [0.29, 0.717) is 0 Å². The number of aromatic nitrogens is 1. The monoisotopic (exact) mass is 414 g/mol. The molecular weight excluding hydrogens is 394 g/mol. The molecule has 1 heterocycles. The molecule has 3 aromatic rings. The molecule has 0 spiro atoms. The Labute approximate surface area is 168 Å². The van der Waals surface area contributed by atoms with Crippen molar-refractivity contribution in [2.45, 2.75) is 17.4 Å². The number of rotatable bonds is 7. The highest BCUT2D eigenvalue weighted by Crippen LogP contribution is 2.19. The third-order valence-electron chi connectivity index (χ3n) is 4.56. The van der Waals surface area contributed by atoms with Gasteiger partial charge in [0.15, 0.2) is 0 Å². The molecule has 3 rings (SSSR count). The highest BCUT2D eigenvalue weighted by atomic mass is 32.2. The predicted molar refractivity (Wildman–Crippen MR) is 106 cm³/mol. The molecule has 2 aromatic carbocycles. The zero-order valence-electron chi connectivity index (χ0n) is 15.9. The van der Waals surface area contributed by atoms with Crippen molar-refractivity contribution in [1.82, 2.24) is 14.6 Å². The summed E-state index contributed by atoms with van der Waals surface area (Å²) in [6.07, 6.45) is 1.71. The molecule has 29 heavy (non-hydrogen) atoms. The molecule has 0 radical (unpaired) electrons. The number of fused-ring (bicyclic) bond motifs is 1. The number of sulfonamides is 1. The molecule has 1 atom stereocenters. The van der Waals surface area contributed by atoms with Crippen molar-refractivity contribution in [3.8, 4) is 0 Å². The SMILES string of the molecule is CN(C)S(=O)(=O)c1cccc(C(=O)N[C@H](Cc2c[nH]c3ccccc23)C(=O)[O-])c1. The molecule has 0 fully saturated rings. The van der Waals surface area contributed by atoms with Crippen molar-refractivity contribution in [1.29, 1.82) is 0 Å². The van der Waals surface area contributed by atoms with Gasteiger partial charge in [0.1, 0.15) is 0 Å². The number of nitrogens with one attached hydrogen (secondary N) is 2. The van der Waals surface area contributed by atoms with E-state index in [9.17, 15) is 23.1 Å². The smallest absolute Gasteiger partial charge is 0.251 e. The Morgan fingerprint density at radius 2 is 1.86 bits per heavy atom. The van der Waals surface area contributed by atoms with Crippen LogP contribution in [0.4, 0.5) is 0 Å². The van der Waals surface area contributed by atoms with E-state index in [1.54, 1.807) is 6.20 Å². The van der Waals surface area contributed by atoms with E-state index in [1.807, 2.05) is 24.3 Å². The fourth-order valence-corrected chi connectivity index (χ4v) is 3.91. The number of hydrogen-bond donors (Lipinski definition) is 2. The predicted octanol–water partition coefficient (Wildman–Crippen LogP) is 0.509. The number of carboxylic acids is 1. The fourth-order valence-electron chi connectivity index (χ4n) is 2.96. The molecule has 8 nitrogen and oxygen atoms in total. The zero-order chi connectivity index (χ0) is 21.2. The van der Waals surface area contributed by atoms with Crippen LogP contribution in [0.5, 0.6) is 0 Å². The van der Waals surface area contributed by atoms with Gasteiger partial charge >= 0.3 is 0 Å². The van der Waals surface area contributed by atoms with Gasteiger partial charge in [-0.2, -0.15) is 0 Å². The number of nitrogens with zero attached hydrogens (tertiary/aromatic N) is 1. The summed E-state index contributed by atoms with van der Waals surface area (Å²) in [5.41, 5.74) is 1.62. The lowest BCUT2D eigenvalue weighted by atomic mass is 10.0. The molecule has 0 saturated heterocycles. The Morgan fingerprint density at radius 3 is 2.55 bits per heavy atom. The van der Waals surface area contributed by atoms with Crippen LogP contribution in [0, 0.1) is 0 Å². The van der Waals surface area contributed by atoms with E-state index in [1.165, 1.54) is 38.4 Å². The zero-order valence-corrected chi connectivity index (χ0v) is 16.7. The maximum absolute atomic E-state index is 12.6. The van der Waals surface area contributed by atoms with Crippen molar-refractivity contribution in [3.05, 3.63) is 65.9 Å². The summed E-state index contributed by atoms with van der Waals surface area (Å²) in [5.74, 6) is -2.13. The number of H-pyrrole nitrogens is 1. The first kappa shape index (κ1) is 20.6. The van der Waals surface area contributed by atoms with Gasteiger partial charge in [-0.15, -0.1) is 0 Å². The van der Waals surface area contributed by atoms with Gasteiger partial charge in [0, 0.05) is 43.2 Å². The molecule has 0 aliphatic carbocycles. The molecule has 2 N–H and O–H groups in total. The summed E-state index contributed by atoms with van der Waals surface area (Å²) in [4.78, 5) is 27.2. The minimum absolute atomic E-state index is 0.0216. The Hall–Kier alpha value is -3.17. The summed E-state index contributed by atoms with van der Waals surface area (Å²) in [6.45, 7) is 0. The number of carbonyl (C=O) groups is 2. The first-order chi connectivity index (χ1) is 13.7. The van der Waals surface area contributed by atoms with Crippen LogP contribution in [0.2, 0.25) is 0 Å². The van der Waals surface area contributed by atoms with Crippen LogP contribution < -0.4 is 10.4 Å². The number of benzene rings is 2. The van der Waals surface area contributed by atoms with Gasteiger partial charge in [-0.3, -0.25) is 4.79 Å². The van der Waals surface area contributed by atoms with Crippen LogP contribution in [0.1, 0.15) is 15.9 Å². The molecule has 0 bridgehead atoms. The molecule has 0 saturated carbocycles. The van der Waals surface area contributed by atoms with Gasteiger partial charge < -0.3 is 20.2 Å². The van der Waals surface area contributed by atoms with Crippen LogP contribution >= 0.6 is 0 Å². The van der Waals surface area contributed by atoms with Gasteiger partial charge in [-0.05, 0) is 29.8 Å². The molecule has 152 valence electrons. The second kappa shape index (κ2) is 8.06. The highest BCUT2D eigenvalue weighted by molar-refractivity contribution is 7.89. The molecular formula is C20H20N3O5S-. The summed E-state index contributed by atoms with van der Waals surface area (Å²) in [5, 5.41) is 14.9. The summed E-state index contributed by atoms with van der Waals surface area (Å²) in [7, 11) is -0.954. The summed E-state index contributed by atoms with van der Waals surface area (Å²) >= 11 is 0. The lowest BCUT2D eigenvalue weighted by Gasteiger charge is -2.20. The highest BCUT2D eigenvalue weighted by Gasteiger charge is 2.21. The Morgan fingerprint density at radius 1 is 1.14 bits per heavy atom. The number of carbonyl (C=O) groups excluding carboxylic acids is 2. The van der Waals surface area contributed by atoms with Crippen LogP contribution in [-0.4, -0.2) is 49.7 Å². The van der Waals surface area contributed by atoms with Crippen molar-refractivity contribution in [2.24, 2.45) is 0 Å². The van der Waals surface area contributed by atoms with E-state index >= 15 is 0 Å². The van der Waals surface area contributed by atoms with Gasteiger partial charge in [-0.25, -0.2) is 12.7 Å².